The van der Waals surface area contributed by atoms with Crippen LogP contribution in [0.15, 0.2) is 18.2 Å². The number of nitrogens with one attached hydrogen (secondary N) is 1. The van der Waals surface area contributed by atoms with Gasteiger partial charge in [-0.15, -0.1) is 5.10 Å². The minimum absolute atomic E-state index is 0.199. The van der Waals surface area contributed by atoms with Gasteiger partial charge in [-0.2, -0.15) is 0 Å². The van der Waals surface area contributed by atoms with Gasteiger partial charge in [0.05, 0.1) is 16.6 Å². The van der Waals surface area contributed by atoms with Crippen molar-refractivity contribution in [1.29, 1.82) is 0 Å². The summed E-state index contributed by atoms with van der Waals surface area (Å²) < 4.78 is 30.3. The predicted octanol–water partition coefficient (Wildman–Crippen LogP) is 3.08. The quantitative estimate of drug-likeness (QED) is 0.916. The van der Waals surface area contributed by atoms with Gasteiger partial charge in [0.2, 0.25) is 0 Å². The zero-order chi connectivity index (χ0) is 13.8. The maximum atomic E-state index is 13.4. The smallest absolute Gasteiger partial charge is 0.159 e. The van der Waals surface area contributed by atoms with Crippen LogP contribution >= 0.6 is 11.5 Å². The summed E-state index contributed by atoms with van der Waals surface area (Å²) in [5.74, 6) is -1.67. The molecule has 1 N–H and O–H groups in total. The molecule has 1 heterocycles. The van der Waals surface area contributed by atoms with Gasteiger partial charge in [-0.05, 0) is 42.2 Å². The highest BCUT2D eigenvalue weighted by molar-refractivity contribution is 7.05. The van der Waals surface area contributed by atoms with E-state index in [1.54, 1.807) is 6.07 Å². The van der Waals surface area contributed by atoms with Gasteiger partial charge in [-0.1, -0.05) is 24.4 Å². The van der Waals surface area contributed by atoms with E-state index in [1.807, 2.05) is 13.8 Å². The summed E-state index contributed by atoms with van der Waals surface area (Å²) in [7, 11) is 0. The Balaban J connectivity index is 2.42. The van der Waals surface area contributed by atoms with E-state index in [2.05, 4.69) is 14.9 Å². The number of hydrogen-bond acceptors (Lipinski definition) is 4. The molecule has 0 aliphatic carbocycles. The van der Waals surface area contributed by atoms with Crippen molar-refractivity contribution < 1.29 is 8.78 Å². The molecule has 0 radical (unpaired) electrons. The SMILES string of the molecule is CCNC(c1ccc(F)c(F)c1)c1snnc1CC. The van der Waals surface area contributed by atoms with Crippen LogP contribution in [0, 0.1) is 11.6 Å². The number of halogens is 2. The summed E-state index contributed by atoms with van der Waals surface area (Å²) in [6.45, 7) is 4.67. The first-order valence-corrected chi connectivity index (χ1v) is 6.94. The number of aromatic nitrogens is 2. The normalized spacial score (nSPS) is 12.6. The highest BCUT2D eigenvalue weighted by Gasteiger charge is 2.20. The summed E-state index contributed by atoms with van der Waals surface area (Å²) in [6, 6.07) is 3.76. The van der Waals surface area contributed by atoms with E-state index >= 15 is 0 Å². The van der Waals surface area contributed by atoms with Gasteiger partial charge < -0.3 is 5.32 Å². The zero-order valence-electron chi connectivity index (χ0n) is 10.8. The van der Waals surface area contributed by atoms with E-state index in [0.29, 0.717) is 12.1 Å². The molecular weight excluding hydrogens is 268 g/mol. The number of nitrogens with zero attached hydrogens (tertiary/aromatic N) is 2. The average molecular weight is 283 g/mol. The van der Waals surface area contributed by atoms with Crippen LogP contribution < -0.4 is 5.32 Å². The van der Waals surface area contributed by atoms with Crippen LogP contribution in [0.25, 0.3) is 0 Å². The van der Waals surface area contributed by atoms with Crippen molar-refractivity contribution in [3.05, 3.63) is 46.0 Å². The van der Waals surface area contributed by atoms with Crippen LogP contribution in [-0.2, 0) is 6.42 Å². The van der Waals surface area contributed by atoms with E-state index in [0.717, 1.165) is 23.1 Å². The monoisotopic (exact) mass is 283 g/mol. The molecule has 1 aromatic carbocycles. The summed E-state index contributed by atoms with van der Waals surface area (Å²) in [5.41, 5.74) is 1.57. The highest BCUT2D eigenvalue weighted by atomic mass is 32.1. The molecule has 102 valence electrons. The van der Waals surface area contributed by atoms with Crippen LogP contribution in [0.1, 0.15) is 36.0 Å². The Hall–Kier alpha value is -1.40. The Kier molecular flexibility index (Phi) is 4.55. The van der Waals surface area contributed by atoms with E-state index in [1.165, 1.54) is 17.6 Å². The first kappa shape index (κ1) is 14.0. The lowest BCUT2D eigenvalue weighted by Crippen LogP contribution is -2.22. The lowest BCUT2D eigenvalue weighted by Gasteiger charge is -2.17. The van der Waals surface area contributed by atoms with Crippen molar-refractivity contribution in [1.82, 2.24) is 14.9 Å². The fraction of sp³-hybridized carbons (Fsp3) is 0.385. The maximum absolute atomic E-state index is 13.4. The Labute approximate surface area is 114 Å². The summed E-state index contributed by atoms with van der Waals surface area (Å²) >= 11 is 1.29. The largest absolute Gasteiger partial charge is 0.306 e. The molecule has 0 bridgehead atoms. The topological polar surface area (TPSA) is 37.8 Å². The van der Waals surface area contributed by atoms with Gasteiger partial charge in [0.25, 0.3) is 0 Å². The van der Waals surface area contributed by atoms with Crippen molar-refractivity contribution in [2.24, 2.45) is 0 Å². The predicted molar refractivity (Wildman–Crippen MR) is 71.2 cm³/mol. The second-order valence-electron chi connectivity index (χ2n) is 4.10. The molecule has 0 fully saturated rings. The van der Waals surface area contributed by atoms with Crippen LogP contribution in [-0.4, -0.2) is 16.1 Å². The van der Waals surface area contributed by atoms with Crippen molar-refractivity contribution in [3.63, 3.8) is 0 Å². The van der Waals surface area contributed by atoms with Gasteiger partial charge in [-0.25, -0.2) is 8.78 Å². The number of aryl methyl sites for hydroxylation is 1. The first-order valence-electron chi connectivity index (χ1n) is 6.16. The van der Waals surface area contributed by atoms with Gasteiger partial charge in [-0.3, -0.25) is 0 Å². The third kappa shape index (κ3) is 2.96. The van der Waals surface area contributed by atoms with E-state index in [9.17, 15) is 8.78 Å². The van der Waals surface area contributed by atoms with Crippen LogP contribution in [0.5, 0.6) is 0 Å². The molecule has 1 atom stereocenters. The van der Waals surface area contributed by atoms with Crippen LogP contribution in [0.3, 0.4) is 0 Å². The zero-order valence-corrected chi connectivity index (χ0v) is 11.6. The molecule has 19 heavy (non-hydrogen) atoms. The molecule has 2 aromatic rings. The van der Waals surface area contributed by atoms with Crippen LogP contribution in [0.4, 0.5) is 8.78 Å². The molecule has 0 saturated heterocycles. The number of rotatable bonds is 5. The summed E-state index contributed by atoms with van der Waals surface area (Å²) in [5, 5.41) is 7.33. The molecule has 3 nitrogen and oxygen atoms in total. The minimum atomic E-state index is -0.837. The molecule has 6 heteroatoms. The summed E-state index contributed by atoms with van der Waals surface area (Å²) in [6.07, 6.45) is 0.761. The van der Waals surface area contributed by atoms with Crippen molar-refractivity contribution in [2.75, 3.05) is 6.54 Å². The minimum Gasteiger partial charge on any atom is -0.306 e. The second-order valence-corrected chi connectivity index (χ2v) is 4.89. The summed E-state index contributed by atoms with van der Waals surface area (Å²) in [4.78, 5) is 0.954. The molecule has 1 aromatic heterocycles. The molecule has 0 aliphatic rings. The fourth-order valence-electron chi connectivity index (χ4n) is 1.94. The lowest BCUT2D eigenvalue weighted by molar-refractivity contribution is 0.504. The van der Waals surface area contributed by atoms with Gasteiger partial charge in [0.1, 0.15) is 0 Å². The van der Waals surface area contributed by atoms with Gasteiger partial charge in [0.15, 0.2) is 11.6 Å². The highest BCUT2D eigenvalue weighted by Crippen LogP contribution is 2.28. The van der Waals surface area contributed by atoms with Crippen LogP contribution in [0.2, 0.25) is 0 Å². The Morgan fingerprint density at radius 2 is 2.05 bits per heavy atom. The Bertz CT molecular complexity index is 557. The standard InChI is InChI=1S/C13H15F2N3S/c1-3-11-13(19-18-17-11)12(16-4-2)8-5-6-9(14)10(15)7-8/h5-7,12,16H,3-4H2,1-2H3. The maximum Gasteiger partial charge on any atom is 0.159 e. The molecule has 0 saturated carbocycles. The molecule has 0 spiro atoms. The van der Waals surface area contributed by atoms with Crippen molar-refractivity contribution in [2.45, 2.75) is 26.3 Å². The Morgan fingerprint density at radius 1 is 1.26 bits per heavy atom. The second kappa shape index (κ2) is 6.16. The van der Waals surface area contributed by atoms with Crippen molar-refractivity contribution in [3.8, 4) is 0 Å². The first-order chi connectivity index (χ1) is 9.17. The average Bonchev–Trinajstić information content (AvgIpc) is 2.87. The lowest BCUT2D eigenvalue weighted by atomic mass is 10.0. The van der Waals surface area contributed by atoms with E-state index < -0.39 is 11.6 Å². The molecule has 2 rings (SSSR count). The van der Waals surface area contributed by atoms with Crippen molar-refractivity contribution >= 4 is 11.5 Å². The number of hydrogen-bond donors (Lipinski definition) is 1. The van der Waals surface area contributed by atoms with Gasteiger partial charge >= 0.3 is 0 Å². The number of benzene rings is 1. The third-order valence-corrected chi connectivity index (χ3v) is 3.70. The van der Waals surface area contributed by atoms with Gasteiger partial charge in [0, 0.05) is 0 Å². The Morgan fingerprint density at radius 3 is 2.68 bits per heavy atom. The van der Waals surface area contributed by atoms with E-state index in [-0.39, 0.29) is 6.04 Å². The van der Waals surface area contributed by atoms with E-state index in [4.69, 9.17) is 0 Å². The molecular formula is C13H15F2N3S. The molecule has 0 amide bonds. The fourth-order valence-corrected chi connectivity index (χ4v) is 2.78. The third-order valence-electron chi connectivity index (χ3n) is 2.87. The molecule has 1 unspecified atom stereocenters. The molecule has 0 aliphatic heterocycles.